The monoisotopic (exact) mass is 332 g/mol. The molecule has 0 amide bonds. The van der Waals surface area contributed by atoms with Crippen LogP contribution < -0.4 is 0 Å². The van der Waals surface area contributed by atoms with E-state index in [1.54, 1.807) is 0 Å². The average molecular weight is 332 g/mol. The van der Waals surface area contributed by atoms with Gasteiger partial charge in [-0.15, -0.1) is 0 Å². The summed E-state index contributed by atoms with van der Waals surface area (Å²) in [6, 6.07) is 18.1. The molecule has 25 heavy (non-hydrogen) atoms. The summed E-state index contributed by atoms with van der Waals surface area (Å²) in [5.41, 5.74) is 3.00. The molecule has 1 atom stereocenters. The molecule has 0 aliphatic heterocycles. The molecule has 0 aliphatic rings. The van der Waals surface area contributed by atoms with Gasteiger partial charge in [0.1, 0.15) is 5.76 Å². The van der Waals surface area contributed by atoms with Crippen molar-refractivity contribution >= 4 is 5.76 Å². The zero-order valence-corrected chi connectivity index (χ0v) is 15.4. The van der Waals surface area contributed by atoms with E-state index >= 15 is 0 Å². The SMILES string of the molecule is C=C(OCC(CC)CCCC)c1cccc(C#Cc2ccccc2)c1. The Morgan fingerprint density at radius 1 is 1.00 bits per heavy atom. The standard InChI is InChI=1S/C24H28O/c1-4-6-11-21(5-2)19-25-20(3)24-15-10-14-23(18-24)17-16-22-12-8-7-9-13-22/h7-10,12-15,18,21H,3-6,11,19H2,1-2H3. The highest BCUT2D eigenvalue weighted by molar-refractivity contribution is 5.60. The van der Waals surface area contributed by atoms with Crippen molar-refractivity contribution in [3.8, 4) is 11.8 Å². The van der Waals surface area contributed by atoms with E-state index in [1.807, 2.05) is 54.6 Å². The predicted molar refractivity (Wildman–Crippen MR) is 107 cm³/mol. The second-order valence-corrected chi connectivity index (χ2v) is 6.35. The minimum absolute atomic E-state index is 0.609. The topological polar surface area (TPSA) is 9.23 Å². The molecule has 1 nitrogen and oxygen atoms in total. The first-order valence-electron chi connectivity index (χ1n) is 9.22. The van der Waals surface area contributed by atoms with Gasteiger partial charge in [0.2, 0.25) is 0 Å². The smallest absolute Gasteiger partial charge is 0.119 e. The van der Waals surface area contributed by atoms with Crippen LogP contribution in [0.5, 0.6) is 0 Å². The van der Waals surface area contributed by atoms with Crippen LogP contribution in [0.1, 0.15) is 56.2 Å². The van der Waals surface area contributed by atoms with Crippen molar-refractivity contribution in [3.05, 3.63) is 77.9 Å². The third-order valence-corrected chi connectivity index (χ3v) is 4.35. The summed E-state index contributed by atoms with van der Waals surface area (Å²) >= 11 is 0. The normalized spacial score (nSPS) is 11.3. The highest BCUT2D eigenvalue weighted by Gasteiger charge is 2.08. The molecule has 0 saturated heterocycles. The molecule has 0 aliphatic carbocycles. The number of rotatable bonds is 8. The average Bonchev–Trinajstić information content (AvgIpc) is 2.67. The molecule has 1 heteroatoms. The first-order valence-corrected chi connectivity index (χ1v) is 9.22. The summed E-state index contributed by atoms with van der Waals surface area (Å²) in [6.07, 6.45) is 4.87. The van der Waals surface area contributed by atoms with Crippen molar-refractivity contribution in [2.75, 3.05) is 6.61 Å². The fourth-order valence-corrected chi connectivity index (χ4v) is 2.64. The van der Waals surface area contributed by atoms with Gasteiger partial charge in [-0.2, -0.15) is 0 Å². The van der Waals surface area contributed by atoms with Crippen LogP contribution in [0.15, 0.2) is 61.2 Å². The fraction of sp³-hybridized carbons (Fsp3) is 0.333. The second-order valence-electron chi connectivity index (χ2n) is 6.35. The van der Waals surface area contributed by atoms with Gasteiger partial charge in [-0.3, -0.25) is 0 Å². The number of benzene rings is 2. The van der Waals surface area contributed by atoms with Gasteiger partial charge >= 0.3 is 0 Å². The number of hydrogen-bond acceptors (Lipinski definition) is 1. The van der Waals surface area contributed by atoms with E-state index in [4.69, 9.17) is 4.74 Å². The van der Waals surface area contributed by atoms with Crippen LogP contribution in [0.2, 0.25) is 0 Å². The zero-order chi connectivity index (χ0) is 17.9. The third kappa shape index (κ3) is 6.51. The quantitative estimate of drug-likeness (QED) is 0.408. The Balaban J connectivity index is 1.98. The Labute approximate surface area is 152 Å². The largest absolute Gasteiger partial charge is 0.493 e. The van der Waals surface area contributed by atoms with Crippen LogP contribution in [-0.2, 0) is 4.74 Å². The second kappa shape index (κ2) is 10.4. The molecule has 2 aromatic carbocycles. The maximum atomic E-state index is 5.95. The lowest BCUT2D eigenvalue weighted by molar-refractivity contribution is 0.204. The minimum atomic E-state index is 0.609. The molecule has 0 spiro atoms. The van der Waals surface area contributed by atoms with Crippen LogP contribution in [0, 0.1) is 17.8 Å². The van der Waals surface area contributed by atoms with E-state index < -0.39 is 0 Å². The Kier molecular flexibility index (Phi) is 7.86. The molecule has 1 unspecified atom stereocenters. The highest BCUT2D eigenvalue weighted by Crippen LogP contribution is 2.19. The van der Waals surface area contributed by atoms with Gasteiger partial charge in [0.15, 0.2) is 0 Å². The fourth-order valence-electron chi connectivity index (χ4n) is 2.64. The molecule has 0 heterocycles. The Bertz CT molecular complexity index is 719. The van der Waals surface area contributed by atoms with Gasteiger partial charge in [0, 0.05) is 16.7 Å². The summed E-state index contributed by atoms with van der Waals surface area (Å²) in [7, 11) is 0. The molecule has 2 rings (SSSR count). The molecule has 0 radical (unpaired) electrons. The Hall–Kier alpha value is -2.46. The summed E-state index contributed by atoms with van der Waals surface area (Å²) in [4.78, 5) is 0. The van der Waals surface area contributed by atoms with Crippen LogP contribution >= 0.6 is 0 Å². The summed E-state index contributed by atoms with van der Waals surface area (Å²) in [6.45, 7) is 9.30. The van der Waals surface area contributed by atoms with E-state index in [-0.39, 0.29) is 0 Å². The van der Waals surface area contributed by atoms with Crippen molar-refractivity contribution in [2.45, 2.75) is 39.5 Å². The van der Waals surface area contributed by atoms with Crippen molar-refractivity contribution in [1.82, 2.24) is 0 Å². The maximum absolute atomic E-state index is 5.95. The van der Waals surface area contributed by atoms with E-state index in [0.717, 1.165) is 35.5 Å². The van der Waals surface area contributed by atoms with Crippen molar-refractivity contribution in [3.63, 3.8) is 0 Å². The van der Waals surface area contributed by atoms with Crippen LogP contribution in [0.3, 0.4) is 0 Å². The van der Waals surface area contributed by atoms with Gasteiger partial charge in [0.25, 0.3) is 0 Å². The Morgan fingerprint density at radius 3 is 2.44 bits per heavy atom. The van der Waals surface area contributed by atoms with Gasteiger partial charge in [-0.25, -0.2) is 0 Å². The molecule has 0 bridgehead atoms. The zero-order valence-electron chi connectivity index (χ0n) is 15.4. The van der Waals surface area contributed by atoms with Gasteiger partial charge < -0.3 is 4.74 Å². The number of unbranched alkanes of at least 4 members (excludes halogenated alkanes) is 1. The van der Waals surface area contributed by atoms with Gasteiger partial charge in [-0.1, -0.05) is 81.9 Å². The van der Waals surface area contributed by atoms with Crippen LogP contribution in [0.25, 0.3) is 5.76 Å². The molecular formula is C24H28O. The molecule has 2 aromatic rings. The first kappa shape index (κ1) is 18.9. The summed E-state index contributed by atoms with van der Waals surface area (Å²) in [5, 5.41) is 0. The van der Waals surface area contributed by atoms with E-state index in [2.05, 4.69) is 32.3 Å². The van der Waals surface area contributed by atoms with E-state index in [0.29, 0.717) is 5.92 Å². The molecule has 130 valence electrons. The predicted octanol–water partition coefficient (Wildman–Crippen LogP) is 6.29. The molecule has 0 N–H and O–H groups in total. The first-order chi connectivity index (χ1) is 12.2. The molecule has 0 aromatic heterocycles. The van der Waals surface area contributed by atoms with E-state index in [1.165, 1.54) is 19.3 Å². The lowest BCUT2D eigenvalue weighted by Gasteiger charge is -2.17. The molecular weight excluding hydrogens is 304 g/mol. The highest BCUT2D eigenvalue weighted by atomic mass is 16.5. The summed E-state index contributed by atoms with van der Waals surface area (Å²) in [5.74, 6) is 7.75. The van der Waals surface area contributed by atoms with Crippen LogP contribution in [0.4, 0.5) is 0 Å². The van der Waals surface area contributed by atoms with Gasteiger partial charge in [-0.05, 0) is 36.6 Å². The molecule has 0 fully saturated rings. The minimum Gasteiger partial charge on any atom is -0.493 e. The van der Waals surface area contributed by atoms with Crippen LogP contribution in [-0.4, -0.2) is 6.61 Å². The number of hydrogen-bond donors (Lipinski definition) is 0. The van der Waals surface area contributed by atoms with Crippen molar-refractivity contribution in [1.29, 1.82) is 0 Å². The Morgan fingerprint density at radius 2 is 1.72 bits per heavy atom. The van der Waals surface area contributed by atoms with Crippen molar-refractivity contribution < 1.29 is 4.74 Å². The van der Waals surface area contributed by atoms with Crippen molar-refractivity contribution in [2.24, 2.45) is 5.92 Å². The summed E-state index contributed by atoms with van der Waals surface area (Å²) < 4.78 is 5.95. The third-order valence-electron chi connectivity index (χ3n) is 4.35. The maximum Gasteiger partial charge on any atom is 0.119 e. The lowest BCUT2D eigenvalue weighted by Crippen LogP contribution is -2.08. The van der Waals surface area contributed by atoms with E-state index in [9.17, 15) is 0 Å². The van der Waals surface area contributed by atoms with Gasteiger partial charge in [0.05, 0.1) is 6.61 Å². The number of ether oxygens (including phenoxy) is 1. The lowest BCUT2D eigenvalue weighted by atomic mass is 10.0. The molecule has 0 saturated carbocycles.